The highest BCUT2D eigenvalue weighted by Crippen LogP contribution is 2.32. The summed E-state index contributed by atoms with van der Waals surface area (Å²) in [6.45, 7) is 4.77. The van der Waals surface area contributed by atoms with Gasteiger partial charge in [-0.3, -0.25) is 9.69 Å². The number of rotatable bonds is 4. The van der Waals surface area contributed by atoms with Gasteiger partial charge in [-0.25, -0.2) is 0 Å². The van der Waals surface area contributed by atoms with Gasteiger partial charge in [-0.15, -0.1) is 0 Å². The monoisotopic (exact) mass is 348 g/mol. The van der Waals surface area contributed by atoms with Gasteiger partial charge in [0.1, 0.15) is 0 Å². The predicted molar refractivity (Wildman–Crippen MR) is 90.9 cm³/mol. The highest BCUT2D eigenvalue weighted by molar-refractivity contribution is 5.79. The number of fused-ring (bicyclic) bond motifs is 1. The number of amides is 1. The fourth-order valence-corrected chi connectivity index (χ4v) is 4.53. The smallest absolute Gasteiger partial charge is 0.237 e. The van der Waals surface area contributed by atoms with Crippen molar-refractivity contribution >= 4 is 5.91 Å². The SMILES string of the molecule is CCc1nc([C@@H]2CCCN2CC(=O)N2CCO[C@@H]3CCCC[C@@H]32)no1. The standard InChI is InChI=1S/C18H28N4O3/c1-2-16-19-18(20-25-16)14-7-5-9-21(14)12-17(23)22-10-11-24-15-8-4-3-6-13(15)22/h13-15H,2-12H2,1H3/t13-,14-,15+/m0/s1. The fraction of sp³-hybridized carbons (Fsp3) is 0.833. The topological polar surface area (TPSA) is 71.7 Å². The van der Waals surface area contributed by atoms with Crippen LogP contribution in [0.15, 0.2) is 4.52 Å². The van der Waals surface area contributed by atoms with Crippen LogP contribution in [0, 0.1) is 0 Å². The largest absolute Gasteiger partial charge is 0.374 e. The number of likely N-dealkylation sites (tertiary alicyclic amines) is 1. The molecule has 7 nitrogen and oxygen atoms in total. The molecule has 1 aliphatic carbocycles. The molecule has 0 radical (unpaired) electrons. The third-order valence-corrected chi connectivity index (χ3v) is 5.84. The molecule has 0 spiro atoms. The molecule has 1 aromatic heterocycles. The average Bonchev–Trinajstić information content (AvgIpc) is 3.30. The molecule has 0 N–H and O–H groups in total. The minimum atomic E-state index is 0.108. The molecule has 2 aliphatic heterocycles. The molecule has 1 amide bonds. The molecule has 25 heavy (non-hydrogen) atoms. The molecule has 2 saturated heterocycles. The molecule has 0 bridgehead atoms. The summed E-state index contributed by atoms with van der Waals surface area (Å²) in [5.74, 6) is 1.64. The lowest BCUT2D eigenvalue weighted by Gasteiger charge is -2.44. The summed E-state index contributed by atoms with van der Waals surface area (Å²) < 4.78 is 11.2. The fourth-order valence-electron chi connectivity index (χ4n) is 4.53. The van der Waals surface area contributed by atoms with Crippen LogP contribution in [0.25, 0.3) is 0 Å². The zero-order chi connectivity index (χ0) is 17.2. The molecule has 3 fully saturated rings. The van der Waals surface area contributed by atoms with Crippen molar-refractivity contribution in [1.82, 2.24) is 19.9 Å². The van der Waals surface area contributed by atoms with E-state index in [0.29, 0.717) is 19.0 Å². The maximum atomic E-state index is 13.0. The molecule has 3 atom stereocenters. The maximum Gasteiger partial charge on any atom is 0.237 e. The lowest BCUT2D eigenvalue weighted by Crippen LogP contribution is -2.56. The van der Waals surface area contributed by atoms with Gasteiger partial charge >= 0.3 is 0 Å². The first kappa shape index (κ1) is 17.0. The number of nitrogens with zero attached hydrogens (tertiary/aromatic N) is 4. The van der Waals surface area contributed by atoms with Gasteiger partial charge in [-0.2, -0.15) is 4.98 Å². The summed E-state index contributed by atoms with van der Waals surface area (Å²) in [5, 5.41) is 4.13. The van der Waals surface area contributed by atoms with Gasteiger partial charge in [0, 0.05) is 13.0 Å². The molecule has 3 heterocycles. The summed E-state index contributed by atoms with van der Waals surface area (Å²) >= 11 is 0. The summed E-state index contributed by atoms with van der Waals surface area (Å²) in [6.07, 6.45) is 7.63. The number of ether oxygens (including phenoxy) is 1. The predicted octanol–water partition coefficient (Wildman–Crippen LogP) is 1.94. The zero-order valence-corrected chi connectivity index (χ0v) is 15.0. The first-order chi connectivity index (χ1) is 12.3. The van der Waals surface area contributed by atoms with Gasteiger partial charge in [0.05, 0.1) is 31.3 Å². The number of aryl methyl sites for hydroxylation is 1. The summed E-state index contributed by atoms with van der Waals surface area (Å²) in [6, 6.07) is 0.379. The molecule has 0 aromatic carbocycles. The van der Waals surface area contributed by atoms with Crippen LogP contribution >= 0.6 is 0 Å². The van der Waals surface area contributed by atoms with E-state index in [1.54, 1.807) is 0 Å². The van der Waals surface area contributed by atoms with Crippen LogP contribution in [0.2, 0.25) is 0 Å². The number of hydrogen-bond donors (Lipinski definition) is 0. The quantitative estimate of drug-likeness (QED) is 0.828. The van der Waals surface area contributed by atoms with Crippen molar-refractivity contribution in [3.63, 3.8) is 0 Å². The molecule has 0 unspecified atom stereocenters. The van der Waals surface area contributed by atoms with Gasteiger partial charge in [0.25, 0.3) is 0 Å². The average molecular weight is 348 g/mol. The van der Waals surface area contributed by atoms with Crippen molar-refractivity contribution in [2.24, 2.45) is 0 Å². The Kier molecular flexibility index (Phi) is 5.03. The second-order valence-electron chi connectivity index (χ2n) is 7.38. The van der Waals surface area contributed by atoms with Crippen LogP contribution in [0.3, 0.4) is 0 Å². The van der Waals surface area contributed by atoms with Gasteiger partial charge in [0.2, 0.25) is 11.8 Å². The van der Waals surface area contributed by atoms with E-state index in [4.69, 9.17) is 9.26 Å². The number of aromatic nitrogens is 2. The van der Waals surface area contributed by atoms with E-state index in [0.717, 1.165) is 51.0 Å². The molecule has 138 valence electrons. The van der Waals surface area contributed by atoms with Gasteiger partial charge in [-0.05, 0) is 32.2 Å². The maximum absolute atomic E-state index is 13.0. The van der Waals surface area contributed by atoms with E-state index < -0.39 is 0 Å². The number of morpholine rings is 1. The van der Waals surface area contributed by atoms with E-state index in [-0.39, 0.29) is 24.1 Å². The van der Waals surface area contributed by atoms with Crippen LogP contribution in [0.4, 0.5) is 0 Å². The van der Waals surface area contributed by atoms with E-state index in [1.165, 1.54) is 12.8 Å². The molecule has 3 aliphatic rings. The van der Waals surface area contributed by atoms with Crippen molar-refractivity contribution < 1.29 is 14.1 Å². The Bertz CT molecular complexity index is 603. The molecule has 7 heteroatoms. The normalized spacial score (nSPS) is 30.4. The van der Waals surface area contributed by atoms with E-state index in [2.05, 4.69) is 19.9 Å². The van der Waals surface area contributed by atoms with Gasteiger partial charge < -0.3 is 14.2 Å². The van der Waals surface area contributed by atoms with Crippen molar-refractivity contribution in [1.29, 1.82) is 0 Å². The van der Waals surface area contributed by atoms with Crippen LogP contribution in [0.1, 0.15) is 63.2 Å². The Labute approximate surface area is 148 Å². The minimum Gasteiger partial charge on any atom is -0.374 e. The number of carbonyl (C=O) groups is 1. The van der Waals surface area contributed by atoms with Crippen LogP contribution in [-0.4, -0.2) is 64.2 Å². The zero-order valence-electron chi connectivity index (χ0n) is 15.0. The molecule has 1 aromatic rings. The van der Waals surface area contributed by atoms with Crippen LogP contribution in [-0.2, 0) is 16.0 Å². The Hall–Kier alpha value is -1.47. The Morgan fingerprint density at radius 3 is 2.92 bits per heavy atom. The number of carbonyl (C=O) groups excluding carboxylic acids is 1. The number of hydrogen-bond acceptors (Lipinski definition) is 6. The van der Waals surface area contributed by atoms with Crippen molar-refractivity contribution in [3.05, 3.63) is 11.7 Å². The first-order valence-electron chi connectivity index (χ1n) is 9.74. The van der Waals surface area contributed by atoms with Gasteiger partial charge in [0.15, 0.2) is 5.82 Å². The van der Waals surface area contributed by atoms with E-state index in [9.17, 15) is 4.79 Å². The second-order valence-corrected chi connectivity index (χ2v) is 7.38. The third kappa shape index (κ3) is 3.44. The van der Waals surface area contributed by atoms with Crippen LogP contribution < -0.4 is 0 Å². The summed E-state index contributed by atoms with van der Waals surface area (Å²) in [4.78, 5) is 21.8. The van der Waals surface area contributed by atoms with Crippen molar-refractivity contribution in [2.75, 3.05) is 26.2 Å². The van der Waals surface area contributed by atoms with E-state index >= 15 is 0 Å². The first-order valence-corrected chi connectivity index (χ1v) is 9.74. The molecule has 1 saturated carbocycles. The lowest BCUT2D eigenvalue weighted by molar-refractivity contribution is -0.150. The van der Waals surface area contributed by atoms with Gasteiger partial charge in [-0.1, -0.05) is 24.9 Å². The molecule has 4 rings (SSSR count). The Morgan fingerprint density at radius 1 is 1.20 bits per heavy atom. The summed E-state index contributed by atoms with van der Waals surface area (Å²) in [5.41, 5.74) is 0. The van der Waals surface area contributed by atoms with Crippen LogP contribution in [0.5, 0.6) is 0 Å². The second kappa shape index (κ2) is 7.41. The third-order valence-electron chi connectivity index (χ3n) is 5.84. The van der Waals surface area contributed by atoms with Crippen molar-refractivity contribution in [2.45, 2.75) is 70.1 Å². The molecular formula is C18H28N4O3. The van der Waals surface area contributed by atoms with E-state index in [1.807, 2.05) is 6.92 Å². The minimum absolute atomic E-state index is 0.108. The highest BCUT2D eigenvalue weighted by atomic mass is 16.5. The lowest BCUT2D eigenvalue weighted by atomic mass is 9.90. The summed E-state index contributed by atoms with van der Waals surface area (Å²) in [7, 11) is 0. The molecular weight excluding hydrogens is 320 g/mol. The highest BCUT2D eigenvalue weighted by Gasteiger charge is 2.38. The Balaban J connectivity index is 1.42. The Morgan fingerprint density at radius 2 is 2.08 bits per heavy atom. The van der Waals surface area contributed by atoms with Crippen molar-refractivity contribution in [3.8, 4) is 0 Å².